The van der Waals surface area contributed by atoms with Gasteiger partial charge in [-0.25, -0.2) is 4.39 Å². The van der Waals surface area contributed by atoms with Gasteiger partial charge in [0.05, 0.1) is 34.0 Å². The van der Waals surface area contributed by atoms with Crippen molar-refractivity contribution < 1.29 is 9.13 Å². The lowest BCUT2D eigenvalue weighted by Crippen LogP contribution is -2.51. The first kappa shape index (κ1) is 31.4. The molecule has 3 atom stereocenters. The summed E-state index contributed by atoms with van der Waals surface area (Å²) in [6.07, 6.45) is 6.70. The minimum atomic E-state index is -0.812. The number of nitrogens with zero attached hydrogens (tertiary/aromatic N) is 10. The van der Waals surface area contributed by atoms with E-state index in [-0.39, 0.29) is 11.1 Å². The first-order valence-electron chi connectivity index (χ1n) is 17.8. The molecule has 2 saturated heterocycles. The van der Waals surface area contributed by atoms with Gasteiger partial charge in [-0.05, 0) is 70.2 Å². The van der Waals surface area contributed by atoms with Crippen LogP contribution in [0.4, 0.5) is 10.2 Å². The van der Waals surface area contributed by atoms with Crippen LogP contribution < -0.4 is 9.64 Å². The Hall–Kier alpha value is -3.61. The summed E-state index contributed by atoms with van der Waals surface area (Å²) >= 11 is 7.12. The Kier molecular flexibility index (Phi) is 7.51. The maximum Gasteiger partial charge on any atom is 0.318 e. The summed E-state index contributed by atoms with van der Waals surface area (Å²) in [5.74, 6) is 2.36. The summed E-state index contributed by atoms with van der Waals surface area (Å²) < 4.78 is 25.2. The Morgan fingerprint density at radius 2 is 1.90 bits per heavy atom. The third kappa shape index (κ3) is 4.99. The molecule has 5 aliphatic rings. The van der Waals surface area contributed by atoms with Crippen molar-refractivity contribution >= 4 is 17.4 Å². The molecule has 7 heterocycles. The quantitative estimate of drug-likeness (QED) is 0.287. The maximum atomic E-state index is 14.7. The van der Waals surface area contributed by atoms with Gasteiger partial charge in [0, 0.05) is 51.6 Å². The largest absolute Gasteiger partial charge is 0.461 e. The van der Waals surface area contributed by atoms with Gasteiger partial charge >= 0.3 is 6.01 Å². The van der Waals surface area contributed by atoms with Gasteiger partial charge in [-0.3, -0.25) is 14.5 Å². The number of hydrogen-bond donors (Lipinski definition) is 0. The number of fused-ring (bicyclic) bond motifs is 5. The van der Waals surface area contributed by atoms with E-state index in [1.807, 2.05) is 23.2 Å². The summed E-state index contributed by atoms with van der Waals surface area (Å²) in [4.78, 5) is 17.5. The van der Waals surface area contributed by atoms with Crippen LogP contribution in [0.3, 0.4) is 0 Å². The number of alkyl halides is 1. The average molecular weight is 687 g/mol. The smallest absolute Gasteiger partial charge is 0.318 e. The Morgan fingerprint density at radius 1 is 1.02 bits per heavy atom. The molecular weight excluding hydrogens is 643 g/mol. The highest BCUT2D eigenvalue weighted by Crippen LogP contribution is 2.48. The Balaban J connectivity index is 1.11. The Bertz CT molecular complexity index is 1930. The summed E-state index contributed by atoms with van der Waals surface area (Å²) in [6, 6.07) is 9.31. The Labute approximate surface area is 291 Å². The van der Waals surface area contributed by atoms with Gasteiger partial charge < -0.3 is 14.2 Å². The molecule has 4 aromatic rings. The fourth-order valence-corrected chi connectivity index (χ4v) is 9.75. The third-order valence-electron chi connectivity index (χ3n) is 12.2. The Morgan fingerprint density at radius 3 is 2.76 bits per heavy atom. The lowest BCUT2D eigenvalue weighted by atomic mass is 9.71. The van der Waals surface area contributed by atoms with E-state index in [9.17, 15) is 4.39 Å². The van der Waals surface area contributed by atoms with E-state index in [2.05, 4.69) is 56.2 Å². The molecule has 49 heavy (non-hydrogen) atoms. The van der Waals surface area contributed by atoms with Gasteiger partial charge in [-0.1, -0.05) is 35.9 Å². The molecule has 0 unspecified atom stereocenters. The fourth-order valence-electron chi connectivity index (χ4n) is 9.47. The van der Waals surface area contributed by atoms with Gasteiger partial charge in [-0.15, -0.1) is 10.2 Å². The van der Waals surface area contributed by atoms with Crippen molar-refractivity contribution in [2.24, 2.45) is 7.05 Å². The van der Waals surface area contributed by atoms with Crippen LogP contribution in [-0.4, -0.2) is 89.3 Å². The third-order valence-corrected chi connectivity index (χ3v) is 12.6. The molecule has 4 aliphatic heterocycles. The van der Waals surface area contributed by atoms with Crippen molar-refractivity contribution in [1.29, 1.82) is 0 Å². The molecule has 1 aliphatic carbocycles. The van der Waals surface area contributed by atoms with Crippen molar-refractivity contribution in [2.45, 2.75) is 95.2 Å². The van der Waals surface area contributed by atoms with Crippen molar-refractivity contribution in [3.8, 4) is 17.5 Å². The number of anilines is 1. The van der Waals surface area contributed by atoms with Gasteiger partial charge in [0.2, 0.25) is 0 Å². The van der Waals surface area contributed by atoms with Crippen LogP contribution in [0.5, 0.6) is 6.01 Å². The molecule has 2 fully saturated rings. The van der Waals surface area contributed by atoms with Gasteiger partial charge in [0.1, 0.15) is 30.1 Å². The normalized spacial score (nSPS) is 26.8. The standard InChI is InChI=1S/C36H44ClFN10O/c1-23-41-42-33(45(23)3)31-30(37)29-21-46(14-8-16-48(29)43-31)32-26-20-44(2)36(13-6-10-24-9-4-5-11-27(24)36)18-28(26)39-34(40-32)49-22-35-12-7-15-47(35)19-25(38)17-35/h4-5,9,11,25H,6-8,10,12-22H2,1-3H3/t25-,35+,36+/m1/s1. The van der Waals surface area contributed by atoms with Crippen molar-refractivity contribution in [3.63, 3.8) is 0 Å². The predicted octanol–water partition coefficient (Wildman–Crippen LogP) is 5.02. The van der Waals surface area contributed by atoms with Crippen molar-refractivity contribution in [1.82, 2.24) is 44.3 Å². The number of aromatic nitrogens is 7. The molecule has 0 saturated carbocycles. The van der Waals surface area contributed by atoms with Crippen LogP contribution in [0.25, 0.3) is 11.5 Å². The van der Waals surface area contributed by atoms with E-state index in [0.29, 0.717) is 48.7 Å². The highest BCUT2D eigenvalue weighted by atomic mass is 35.5. The number of hydrogen-bond acceptors (Lipinski definition) is 9. The van der Waals surface area contributed by atoms with Crippen LogP contribution >= 0.6 is 11.6 Å². The molecule has 9 rings (SSSR count). The van der Waals surface area contributed by atoms with E-state index in [1.54, 1.807) is 0 Å². The van der Waals surface area contributed by atoms with Crippen molar-refractivity contribution in [3.05, 3.63) is 63.2 Å². The molecule has 0 radical (unpaired) electrons. The number of rotatable bonds is 5. The zero-order valence-corrected chi connectivity index (χ0v) is 29.4. The number of likely N-dealkylation sites (N-methyl/N-ethyl adjacent to an activating group) is 1. The highest BCUT2D eigenvalue weighted by Gasteiger charge is 2.50. The summed E-state index contributed by atoms with van der Waals surface area (Å²) in [5, 5.41) is 14.1. The zero-order chi connectivity index (χ0) is 33.5. The van der Waals surface area contributed by atoms with Gasteiger partial charge in [-0.2, -0.15) is 15.1 Å². The first-order chi connectivity index (χ1) is 23.7. The number of halogens is 2. The topological polar surface area (TPSA) is 93.3 Å². The molecule has 13 heteroatoms. The van der Waals surface area contributed by atoms with Crippen LogP contribution in [0.2, 0.25) is 5.02 Å². The first-order valence-corrected chi connectivity index (χ1v) is 18.2. The molecule has 0 N–H and O–H groups in total. The zero-order valence-electron chi connectivity index (χ0n) is 28.6. The van der Waals surface area contributed by atoms with Crippen LogP contribution in [0.1, 0.15) is 72.4 Å². The van der Waals surface area contributed by atoms with E-state index in [4.69, 9.17) is 31.4 Å². The number of aryl methyl sites for hydroxylation is 3. The predicted molar refractivity (Wildman–Crippen MR) is 184 cm³/mol. The fraction of sp³-hybridized carbons (Fsp3) is 0.583. The van der Waals surface area contributed by atoms with Crippen LogP contribution in [0.15, 0.2) is 24.3 Å². The summed E-state index contributed by atoms with van der Waals surface area (Å²) in [7, 11) is 4.19. The van der Waals surface area contributed by atoms with E-state index in [0.717, 1.165) is 99.7 Å². The second-order valence-electron chi connectivity index (χ2n) is 14.9. The van der Waals surface area contributed by atoms with Gasteiger partial charge in [0.15, 0.2) is 5.82 Å². The second kappa shape index (κ2) is 11.7. The van der Waals surface area contributed by atoms with E-state index >= 15 is 0 Å². The van der Waals surface area contributed by atoms with E-state index in [1.165, 1.54) is 11.1 Å². The second-order valence-corrected chi connectivity index (χ2v) is 15.3. The van der Waals surface area contributed by atoms with Gasteiger partial charge in [0.25, 0.3) is 0 Å². The SMILES string of the molecule is Cc1nnc(-c2nn3c(c2Cl)CN(c2nc(OC[C@@]45CCCN4C[C@H](F)C5)nc4c2CN(C)[C@@]2(CCCc5ccccc52)C4)CCC3)n1C. The van der Waals surface area contributed by atoms with Crippen molar-refractivity contribution in [2.75, 3.05) is 38.2 Å². The maximum absolute atomic E-state index is 14.7. The molecular formula is C36H44ClFN10O. The van der Waals surface area contributed by atoms with Crippen LogP contribution in [-0.2, 0) is 45.1 Å². The van der Waals surface area contributed by atoms with E-state index < -0.39 is 6.17 Å². The molecule has 1 aromatic carbocycles. The molecule has 0 amide bonds. The monoisotopic (exact) mass is 686 g/mol. The lowest BCUT2D eigenvalue weighted by Gasteiger charge is -2.49. The molecule has 258 valence electrons. The minimum Gasteiger partial charge on any atom is -0.461 e. The number of ether oxygens (including phenoxy) is 1. The average Bonchev–Trinajstić information content (AvgIpc) is 3.77. The highest BCUT2D eigenvalue weighted by molar-refractivity contribution is 6.33. The number of benzene rings is 1. The summed E-state index contributed by atoms with van der Waals surface area (Å²) in [5.41, 5.74) is 6.20. The molecule has 1 spiro atoms. The minimum absolute atomic E-state index is 0.136. The summed E-state index contributed by atoms with van der Waals surface area (Å²) in [6.45, 7) is 6.54. The lowest BCUT2D eigenvalue weighted by molar-refractivity contribution is 0.0714. The molecule has 0 bridgehead atoms. The molecule has 11 nitrogen and oxygen atoms in total. The molecule has 3 aromatic heterocycles. The van der Waals surface area contributed by atoms with Crippen LogP contribution in [0, 0.1) is 6.92 Å².